The molecular weight excluding hydrogens is 230 g/mol. The van der Waals surface area contributed by atoms with Gasteiger partial charge in [0, 0.05) is 22.7 Å². The van der Waals surface area contributed by atoms with Crippen LogP contribution in [-0.2, 0) is 4.79 Å². The summed E-state index contributed by atoms with van der Waals surface area (Å²) in [6.45, 7) is 3.71. The van der Waals surface area contributed by atoms with Crippen molar-refractivity contribution in [3.05, 3.63) is 36.0 Å². The van der Waals surface area contributed by atoms with Gasteiger partial charge in [-0.1, -0.05) is 32.0 Å². The summed E-state index contributed by atoms with van der Waals surface area (Å²) in [4.78, 5) is 22.4. The third-order valence-electron chi connectivity index (χ3n) is 3.08. The molecule has 0 radical (unpaired) electrons. The van der Waals surface area contributed by atoms with Crippen LogP contribution in [0.15, 0.2) is 30.5 Å². The van der Waals surface area contributed by atoms with Gasteiger partial charge in [-0.3, -0.25) is 4.79 Å². The molecule has 0 fully saturated rings. The normalized spacial score (nSPS) is 12.8. The van der Waals surface area contributed by atoms with Crippen LogP contribution in [0.25, 0.3) is 10.9 Å². The van der Waals surface area contributed by atoms with Crippen molar-refractivity contribution >= 4 is 23.2 Å². The molecule has 0 saturated heterocycles. The number of carbonyl (C=O) groups excluding carboxylic acids is 1. The van der Waals surface area contributed by atoms with Crippen molar-refractivity contribution in [1.82, 2.24) is 4.57 Å². The standard InChI is InChI=1S/C14H15NO3/c1-9(2)13(14(17)18)15-7-10(8-16)11-5-3-4-6-12(11)15/h3-9,13H,1-2H3,(H,17,18). The smallest absolute Gasteiger partial charge is 0.326 e. The predicted molar refractivity (Wildman–Crippen MR) is 68.8 cm³/mol. The lowest BCUT2D eigenvalue weighted by Crippen LogP contribution is -2.23. The molecule has 0 aliphatic heterocycles. The fraction of sp³-hybridized carbons (Fsp3) is 0.286. The molecular formula is C14H15NO3. The number of para-hydroxylation sites is 1. The summed E-state index contributed by atoms with van der Waals surface area (Å²) >= 11 is 0. The van der Waals surface area contributed by atoms with E-state index in [-0.39, 0.29) is 5.92 Å². The van der Waals surface area contributed by atoms with Crippen molar-refractivity contribution in [2.75, 3.05) is 0 Å². The highest BCUT2D eigenvalue weighted by atomic mass is 16.4. The number of rotatable bonds is 4. The zero-order valence-corrected chi connectivity index (χ0v) is 10.3. The predicted octanol–water partition coefficient (Wildman–Crippen LogP) is 2.74. The number of fused-ring (bicyclic) bond motifs is 1. The van der Waals surface area contributed by atoms with Gasteiger partial charge in [0.2, 0.25) is 0 Å². The number of aldehydes is 1. The van der Waals surface area contributed by atoms with Gasteiger partial charge >= 0.3 is 5.97 Å². The van der Waals surface area contributed by atoms with E-state index in [1.165, 1.54) is 0 Å². The molecule has 94 valence electrons. The van der Waals surface area contributed by atoms with Gasteiger partial charge in [0.25, 0.3) is 0 Å². The van der Waals surface area contributed by atoms with E-state index in [2.05, 4.69) is 0 Å². The number of aromatic nitrogens is 1. The van der Waals surface area contributed by atoms with E-state index in [0.29, 0.717) is 5.56 Å². The van der Waals surface area contributed by atoms with Gasteiger partial charge in [0.05, 0.1) is 0 Å². The lowest BCUT2D eigenvalue weighted by atomic mass is 10.0. The van der Waals surface area contributed by atoms with Crippen molar-refractivity contribution in [3.63, 3.8) is 0 Å². The third kappa shape index (κ3) is 1.90. The summed E-state index contributed by atoms with van der Waals surface area (Å²) in [6, 6.07) is 6.68. The molecule has 0 aliphatic carbocycles. The number of nitrogens with zero attached hydrogens (tertiary/aromatic N) is 1. The van der Waals surface area contributed by atoms with Crippen LogP contribution in [0.1, 0.15) is 30.2 Å². The van der Waals surface area contributed by atoms with Gasteiger partial charge in [0.15, 0.2) is 6.29 Å². The van der Waals surface area contributed by atoms with Crippen molar-refractivity contribution in [1.29, 1.82) is 0 Å². The summed E-state index contributed by atoms with van der Waals surface area (Å²) in [5.41, 5.74) is 1.30. The Morgan fingerprint density at radius 2 is 2.00 bits per heavy atom. The first-order valence-electron chi connectivity index (χ1n) is 5.83. The molecule has 4 heteroatoms. The molecule has 2 rings (SSSR count). The molecule has 0 aliphatic rings. The van der Waals surface area contributed by atoms with Crippen molar-refractivity contribution in [2.45, 2.75) is 19.9 Å². The Hall–Kier alpha value is -2.10. The van der Waals surface area contributed by atoms with E-state index < -0.39 is 12.0 Å². The van der Waals surface area contributed by atoms with Crippen molar-refractivity contribution in [2.24, 2.45) is 5.92 Å². The molecule has 2 aromatic rings. The minimum atomic E-state index is -0.886. The van der Waals surface area contributed by atoms with Gasteiger partial charge in [-0.15, -0.1) is 0 Å². The topological polar surface area (TPSA) is 59.3 Å². The molecule has 1 atom stereocenters. The van der Waals surface area contributed by atoms with Crippen LogP contribution in [0.4, 0.5) is 0 Å². The molecule has 0 amide bonds. The van der Waals surface area contributed by atoms with Crippen LogP contribution in [0.5, 0.6) is 0 Å². The van der Waals surface area contributed by atoms with Crippen LogP contribution in [-0.4, -0.2) is 21.9 Å². The SMILES string of the molecule is CC(C)C(C(=O)O)n1cc(C=O)c2ccccc21. The lowest BCUT2D eigenvalue weighted by molar-refractivity contribution is -0.142. The van der Waals surface area contributed by atoms with Gasteiger partial charge in [-0.25, -0.2) is 4.79 Å². The van der Waals surface area contributed by atoms with Crippen LogP contribution in [0, 0.1) is 5.92 Å². The van der Waals surface area contributed by atoms with Crippen LogP contribution < -0.4 is 0 Å². The average Bonchev–Trinajstić information content (AvgIpc) is 2.67. The Morgan fingerprint density at radius 3 is 2.56 bits per heavy atom. The Morgan fingerprint density at radius 1 is 1.33 bits per heavy atom. The number of carboxylic acids is 1. The van der Waals surface area contributed by atoms with Crippen molar-refractivity contribution in [3.8, 4) is 0 Å². The Balaban J connectivity index is 2.70. The Bertz CT molecular complexity index is 598. The number of carbonyl (C=O) groups is 2. The maximum absolute atomic E-state index is 11.4. The van der Waals surface area contributed by atoms with Crippen LogP contribution in [0.3, 0.4) is 0 Å². The third-order valence-corrected chi connectivity index (χ3v) is 3.08. The molecule has 1 aromatic heterocycles. The second-order valence-corrected chi connectivity index (χ2v) is 4.65. The first kappa shape index (κ1) is 12.4. The molecule has 0 saturated carbocycles. The minimum Gasteiger partial charge on any atom is -0.480 e. The molecule has 1 unspecified atom stereocenters. The van der Waals surface area contributed by atoms with E-state index in [0.717, 1.165) is 17.2 Å². The fourth-order valence-corrected chi connectivity index (χ4v) is 2.28. The second-order valence-electron chi connectivity index (χ2n) is 4.65. The molecule has 18 heavy (non-hydrogen) atoms. The maximum Gasteiger partial charge on any atom is 0.326 e. The largest absolute Gasteiger partial charge is 0.480 e. The van der Waals surface area contributed by atoms with Gasteiger partial charge < -0.3 is 9.67 Å². The number of hydrogen-bond acceptors (Lipinski definition) is 2. The highest BCUT2D eigenvalue weighted by Crippen LogP contribution is 2.27. The van der Waals surface area contributed by atoms with E-state index in [9.17, 15) is 14.7 Å². The summed E-state index contributed by atoms with van der Waals surface area (Å²) in [5.74, 6) is -0.944. The number of aliphatic carboxylic acids is 1. The fourth-order valence-electron chi connectivity index (χ4n) is 2.28. The first-order valence-corrected chi connectivity index (χ1v) is 5.83. The molecule has 1 N–H and O–H groups in total. The zero-order chi connectivity index (χ0) is 13.3. The lowest BCUT2D eigenvalue weighted by Gasteiger charge is -2.19. The van der Waals surface area contributed by atoms with Gasteiger partial charge in [-0.2, -0.15) is 0 Å². The average molecular weight is 245 g/mol. The van der Waals surface area contributed by atoms with E-state index in [1.54, 1.807) is 10.8 Å². The summed E-state index contributed by atoms with van der Waals surface area (Å²) in [7, 11) is 0. The summed E-state index contributed by atoms with van der Waals surface area (Å²) < 4.78 is 1.67. The van der Waals surface area contributed by atoms with Gasteiger partial charge in [-0.05, 0) is 12.0 Å². The Labute approximate surface area is 105 Å². The molecule has 1 heterocycles. The van der Waals surface area contributed by atoms with Gasteiger partial charge in [0.1, 0.15) is 6.04 Å². The first-order chi connectivity index (χ1) is 8.56. The number of carboxylic acid groups (broad SMARTS) is 1. The van der Waals surface area contributed by atoms with E-state index >= 15 is 0 Å². The highest BCUT2D eigenvalue weighted by molar-refractivity contribution is 5.98. The highest BCUT2D eigenvalue weighted by Gasteiger charge is 2.25. The molecule has 0 bridgehead atoms. The zero-order valence-electron chi connectivity index (χ0n) is 10.3. The molecule has 1 aromatic carbocycles. The van der Waals surface area contributed by atoms with Crippen LogP contribution >= 0.6 is 0 Å². The quantitative estimate of drug-likeness (QED) is 0.842. The summed E-state index contributed by atoms with van der Waals surface area (Å²) in [5, 5.41) is 10.1. The molecule has 4 nitrogen and oxygen atoms in total. The second kappa shape index (κ2) is 4.64. The van der Waals surface area contributed by atoms with E-state index in [4.69, 9.17) is 0 Å². The number of benzene rings is 1. The summed E-state index contributed by atoms with van der Waals surface area (Å²) in [6.07, 6.45) is 2.38. The van der Waals surface area contributed by atoms with E-state index in [1.807, 2.05) is 38.1 Å². The monoisotopic (exact) mass is 245 g/mol. The van der Waals surface area contributed by atoms with Crippen LogP contribution in [0.2, 0.25) is 0 Å². The van der Waals surface area contributed by atoms with Crippen molar-refractivity contribution < 1.29 is 14.7 Å². The molecule has 0 spiro atoms. The minimum absolute atomic E-state index is 0.0576. The Kier molecular flexibility index (Phi) is 3.19. The number of hydrogen-bond donors (Lipinski definition) is 1. The maximum atomic E-state index is 11.4.